The van der Waals surface area contributed by atoms with Gasteiger partial charge in [-0.2, -0.15) is 13.2 Å². The van der Waals surface area contributed by atoms with E-state index in [2.05, 4.69) is 0 Å². The highest BCUT2D eigenvalue weighted by Crippen LogP contribution is 2.45. The van der Waals surface area contributed by atoms with Crippen LogP contribution in [0.4, 0.5) is 24.5 Å². The first-order chi connectivity index (χ1) is 11.7. The van der Waals surface area contributed by atoms with Crippen molar-refractivity contribution in [2.75, 3.05) is 10.6 Å². The number of fused-ring (bicyclic) bond motifs is 1. The fourth-order valence-electron chi connectivity index (χ4n) is 2.95. The average molecular weight is 350 g/mol. The fraction of sp³-hybridized carbons (Fsp3) is 0.278. The molecule has 0 spiro atoms. The average Bonchev–Trinajstić information content (AvgIpc) is 2.55. The van der Waals surface area contributed by atoms with Gasteiger partial charge in [0.1, 0.15) is 5.75 Å². The van der Waals surface area contributed by atoms with E-state index in [0.29, 0.717) is 0 Å². The zero-order valence-corrected chi connectivity index (χ0v) is 13.7. The summed E-state index contributed by atoms with van der Waals surface area (Å²) in [7, 11) is 0. The number of benzene rings is 2. The van der Waals surface area contributed by atoms with E-state index in [9.17, 15) is 18.0 Å². The number of halogens is 3. The zero-order valence-electron chi connectivity index (χ0n) is 13.7. The maximum Gasteiger partial charge on any atom is 0.418 e. The number of rotatable bonds is 2. The molecule has 2 atom stereocenters. The number of amides is 1. The third-order valence-electron chi connectivity index (χ3n) is 4.25. The Bertz CT molecular complexity index is 806. The van der Waals surface area contributed by atoms with Crippen LogP contribution in [0.5, 0.6) is 5.75 Å². The fourth-order valence-corrected chi connectivity index (χ4v) is 2.95. The van der Waals surface area contributed by atoms with E-state index in [1.807, 2.05) is 30.3 Å². The van der Waals surface area contributed by atoms with Gasteiger partial charge in [0.15, 0.2) is 6.10 Å². The van der Waals surface area contributed by atoms with Crippen LogP contribution >= 0.6 is 0 Å². The van der Waals surface area contributed by atoms with Crippen molar-refractivity contribution in [2.45, 2.75) is 32.2 Å². The van der Waals surface area contributed by atoms with Gasteiger partial charge in [0, 0.05) is 11.8 Å². The van der Waals surface area contributed by atoms with Crippen LogP contribution in [0.15, 0.2) is 42.5 Å². The maximum absolute atomic E-state index is 13.2. The molecule has 0 aromatic heterocycles. The number of anilines is 2. The quantitative estimate of drug-likeness (QED) is 0.828. The molecule has 0 saturated carbocycles. The normalized spacial score (nSPS) is 18.5. The van der Waals surface area contributed by atoms with Crippen LogP contribution in [0.1, 0.15) is 31.0 Å². The van der Waals surface area contributed by atoms with Gasteiger partial charge in [-0.3, -0.25) is 9.69 Å². The summed E-state index contributed by atoms with van der Waals surface area (Å²) < 4.78 is 45.1. The standard InChI is InChI=1S/C18H17F3N2O2/c1-10(12-6-4-3-5-7-12)23-15-8-13(18(19,20)21)14(22)9-16(15)25-11(2)17(23)24/h3-11H,22H2,1-2H3/t10-,11+/m0/s1. The molecular weight excluding hydrogens is 333 g/mol. The highest BCUT2D eigenvalue weighted by atomic mass is 19.4. The van der Waals surface area contributed by atoms with Crippen molar-refractivity contribution in [1.29, 1.82) is 0 Å². The Morgan fingerprint density at radius 1 is 1.20 bits per heavy atom. The summed E-state index contributed by atoms with van der Waals surface area (Å²) in [6, 6.07) is 10.6. The van der Waals surface area contributed by atoms with Crippen molar-refractivity contribution in [2.24, 2.45) is 0 Å². The van der Waals surface area contributed by atoms with Crippen molar-refractivity contribution in [3.63, 3.8) is 0 Å². The number of carbonyl (C=O) groups excluding carboxylic acids is 1. The second-order valence-corrected chi connectivity index (χ2v) is 5.96. The summed E-state index contributed by atoms with van der Waals surface area (Å²) in [4.78, 5) is 14.0. The van der Waals surface area contributed by atoms with Crippen LogP contribution < -0.4 is 15.4 Å². The molecule has 132 valence electrons. The molecule has 7 heteroatoms. The number of nitrogens with zero attached hydrogens (tertiary/aromatic N) is 1. The van der Waals surface area contributed by atoms with Gasteiger partial charge in [-0.15, -0.1) is 0 Å². The van der Waals surface area contributed by atoms with Gasteiger partial charge < -0.3 is 10.5 Å². The number of alkyl halides is 3. The van der Waals surface area contributed by atoms with Gasteiger partial charge in [-0.25, -0.2) is 0 Å². The smallest absolute Gasteiger partial charge is 0.418 e. The Balaban J connectivity index is 2.15. The monoisotopic (exact) mass is 350 g/mol. The molecule has 0 bridgehead atoms. The first-order valence-electron chi connectivity index (χ1n) is 7.75. The Labute approximate surface area is 143 Å². The third-order valence-corrected chi connectivity index (χ3v) is 4.25. The maximum atomic E-state index is 13.2. The number of ether oxygens (including phenoxy) is 1. The number of nitrogens with two attached hydrogens (primary N) is 1. The number of hydrogen-bond donors (Lipinski definition) is 1. The van der Waals surface area contributed by atoms with Crippen LogP contribution in [0.2, 0.25) is 0 Å². The topological polar surface area (TPSA) is 55.6 Å². The molecule has 2 aromatic rings. The van der Waals surface area contributed by atoms with Crippen LogP contribution in [0, 0.1) is 0 Å². The molecule has 1 aliphatic heterocycles. The molecule has 2 aromatic carbocycles. The second-order valence-electron chi connectivity index (χ2n) is 5.96. The second kappa shape index (κ2) is 5.98. The van der Waals surface area contributed by atoms with Gasteiger partial charge in [-0.05, 0) is 25.5 Å². The summed E-state index contributed by atoms with van der Waals surface area (Å²) in [5.41, 5.74) is 5.00. The molecule has 0 radical (unpaired) electrons. The van der Waals surface area contributed by atoms with Crippen LogP contribution in [-0.4, -0.2) is 12.0 Å². The van der Waals surface area contributed by atoms with Gasteiger partial charge in [0.05, 0.1) is 17.3 Å². The minimum absolute atomic E-state index is 0.0704. The Hall–Kier alpha value is -2.70. The van der Waals surface area contributed by atoms with Crippen molar-refractivity contribution >= 4 is 17.3 Å². The molecule has 1 heterocycles. The predicted molar refractivity (Wildman–Crippen MR) is 88.3 cm³/mol. The van der Waals surface area contributed by atoms with E-state index in [1.165, 1.54) is 4.90 Å². The van der Waals surface area contributed by atoms with E-state index in [0.717, 1.165) is 17.7 Å². The minimum atomic E-state index is -4.62. The van der Waals surface area contributed by atoms with Crippen molar-refractivity contribution in [3.05, 3.63) is 53.6 Å². The lowest BCUT2D eigenvalue weighted by Gasteiger charge is -2.37. The minimum Gasteiger partial charge on any atom is -0.479 e. The molecule has 3 rings (SSSR count). The summed E-state index contributed by atoms with van der Waals surface area (Å²) in [6.45, 7) is 3.32. The van der Waals surface area contributed by atoms with Crippen molar-refractivity contribution in [1.82, 2.24) is 0 Å². The molecule has 0 unspecified atom stereocenters. The molecule has 4 nitrogen and oxygen atoms in total. The molecule has 0 saturated heterocycles. The van der Waals surface area contributed by atoms with E-state index in [1.54, 1.807) is 13.8 Å². The van der Waals surface area contributed by atoms with E-state index >= 15 is 0 Å². The molecule has 1 aliphatic rings. The molecule has 0 aliphatic carbocycles. The molecule has 1 amide bonds. The zero-order chi connectivity index (χ0) is 18.4. The molecule has 25 heavy (non-hydrogen) atoms. The lowest BCUT2D eigenvalue weighted by molar-refractivity contribution is -0.137. The first-order valence-corrected chi connectivity index (χ1v) is 7.75. The third kappa shape index (κ3) is 3.01. The summed E-state index contributed by atoms with van der Waals surface area (Å²) in [5, 5.41) is 0. The van der Waals surface area contributed by atoms with Gasteiger partial charge in [-0.1, -0.05) is 30.3 Å². The van der Waals surface area contributed by atoms with Crippen LogP contribution in [0.25, 0.3) is 0 Å². The highest BCUT2D eigenvalue weighted by molar-refractivity contribution is 6.01. The van der Waals surface area contributed by atoms with Crippen molar-refractivity contribution in [3.8, 4) is 5.75 Å². The SMILES string of the molecule is C[C@H]1Oc2cc(N)c(C(F)(F)F)cc2N([C@@H](C)c2ccccc2)C1=O. The molecular formula is C18H17F3N2O2. The van der Waals surface area contributed by atoms with Crippen molar-refractivity contribution < 1.29 is 22.7 Å². The predicted octanol–water partition coefficient (Wildman–Crippen LogP) is 4.16. The number of nitrogen functional groups attached to an aromatic ring is 1. The highest BCUT2D eigenvalue weighted by Gasteiger charge is 2.40. The molecule has 2 N–H and O–H groups in total. The van der Waals surface area contributed by atoms with Gasteiger partial charge in [0.25, 0.3) is 5.91 Å². The van der Waals surface area contributed by atoms with Gasteiger partial charge >= 0.3 is 6.18 Å². The molecule has 0 fully saturated rings. The van der Waals surface area contributed by atoms with Crippen LogP contribution in [0.3, 0.4) is 0 Å². The Morgan fingerprint density at radius 3 is 2.44 bits per heavy atom. The van der Waals surface area contributed by atoms with E-state index < -0.39 is 35.5 Å². The largest absolute Gasteiger partial charge is 0.479 e. The number of hydrogen-bond acceptors (Lipinski definition) is 3. The Morgan fingerprint density at radius 2 is 1.84 bits per heavy atom. The van der Waals surface area contributed by atoms with E-state index in [4.69, 9.17) is 10.5 Å². The van der Waals surface area contributed by atoms with E-state index in [-0.39, 0.29) is 11.4 Å². The van der Waals surface area contributed by atoms with Crippen LogP contribution in [-0.2, 0) is 11.0 Å². The summed E-state index contributed by atoms with van der Waals surface area (Å²) in [6.07, 6.45) is -5.43. The summed E-state index contributed by atoms with van der Waals surface area (Å²) >= 11 is 0. The lowest BCUT2D eigenvalue weighted by Crippen LogP contribution is -2.45. The lowest BCUT2D eigenvalue weighted by atomic mass is 10.0. The first kappa shape index (κ1) is 17.1. The Kier molecular flexibility index (Phi) is 4.10. The number of carbonyl (C=O) groups is 1. The van der Waals surface area contributed by atoms with Gasteiger partial charge in [0.2, 0.25) is 0 Å². The summed E-state index contributed by atoms with van der Waals surface area (Å²) in [5.74, 6) is -0.234.